The molecule has 0 saturated heterocycles. The molecule has 0 saturated carbocycles. The van der Waals surface area contributed by atoms with Gasteiger partial charge in [-0.05, 0) is 35.9 Å². The van der Waals surface area contributed by atoms with E-state index < -0.39 is 5.92 Å². The summed E-state index contributed by atoms with van der Waals surface area (Å²) in [6.07, 6.45) is 5.17. The van der Waals surface area contributed by atoms with Crippen molar-refractivity contribution in [1.82, 2.24) is 0 Å². The Kier molecular flexibility index (Phi) is 6.91. The third-order valence-corrected chi connectivity index (χ3v) is 3.36. The van der Waals surface area contributed by atoms with Crippen molar-refractivity contribution in [3.63, 3.8) is 0 Å². The smallest absolute Gasteiger partial charge is 0.201 e. The van der Waals surface area contributed by atoms with Crippen LogP contribution in [0.25, 0.3) is 0 Å². The standard InChI is InChI=1S/C10H17F2I/c1-3-5-6-7-8-10(11,12)9(13)4-2/h4H,3,5-8H2,1-2H3/b9-4-. The highest BCUT2D eigenvalue weighted by molar-refractivity contribution is 14.1. The topological polar surface area (TPSA) is 0 Å². The van der Waals surface area contributed by atoms with Gasteiger partial charge in [0.2, 0.25) is 0 Å². The van der Waals surface area contributed by atoms with Crippen molar-refractivity contribution in [1.29, 1.82) is 0 Å². The molecule has 0 unspecified atom stereocenters. The lowest BCUT2D eigenvalue weighted by molar-refractivity contribution is 0.0405. The van der Waals surface area contributed by atoms with Crippen LogP contribution in [0.2, 0.25) is 0 Å². The van der Waals surface area contributed by atoms with E-state index in [9.17, 15) is 8.78 Å². The molecular weight excluding hydrogens is 285 g/mol. The Hall–Kier alpha value is 0.330. The molecule has 0 atom stereocenters. The second-order valence-electron chi connectivity index (χ2n) is 3.15. The summed E-state index contributed by atoms with van der Waals surface area (Å²) >= 11 is 1.72. The SMILES string of the molecule is C/C=C(\I)C(F)(F)CCCCCC. The van der Waals surface area contributed by atoms with Gasteiger partial charge in [0.1, 0.15) is 0 Å². The number of halogens is 3. The van der Waals surface area contributed by atoms with Gasteiger partial charge < -0.3 is 0 Å². The van der Waals surface area contributed by atoms with Crippen LogP contribution in [0.4, 0.5) is 8.78 Å². The van der Waals surface area contributed by atoms with E-state index in [0.717, 1.165) is 19.3 Å². The van der Waals surface area contributed by atoms with Crippen LogP contribution in [0.3, 0.4) is 0 Å². The first-order valence-electron chi connectivity index (χ1n) is 4.74. The van der Waals surface area contributed by atoms with Gasteiger partial charge in [-0.2, -0.15) is 0 Å². The van der Waals surface area contributed by atoms with Crippen LogP contribution in [0.5, 0.6) is 0 Å². The number of hydrogen-bond donors (Lipinski definition) is 0. The van der Waals surface area contributed by atoms with Crippen LogP contribution >= 0.6 is 22.6 Å². The Balaban J connectivity index is 3.76. The third-order valence-electron chi connectivity index (χ3n) is 1.95. The zero-order valence-corrected chi connectivity index (χ0v) is 10.4. The minimum Gasteiger partial charge on any atom is -0.201 e. The summed E-state index contributed by atoms with van der Waals surface area (Å²) in [4.78, 5) is 0. The van der Waals surface area contributed by atoms with E-state index in [1.54, 1.807) is 29.5 Å². The van der Waals surface area contributed by atoms with Gasteiger partial charge in [-0.25, -0.2) is 8.78 Å². The maximum atomic E-state index is 13.2. The fourth-order valence-corrected chi connectivity index (χ4v) is 1.37. The molecule has 0 spiro atoms. The first-order valence-corrected chi connectivity index (χ1v) is 5.82. The van der Waals surface area contributed by atoms with Crippen molar-refractivity contribution >= 4 is 22.6 Å². The van der Waals surface area contributed by atoms with E-state index in [2.05, 4.69) is 6.92 Å². The molecule has 0 heterocycles. The summed E-state index contributed by atoms with van der Waals surface area (Å²) in [6, 6.07) is 0. The molecule has 13 heavy (non-hydrogen) atoms. The van der Waals surface area contributed by atoms with Gasteiger partial charge in [0.05, 0.1) is 3.58 Å². The second kappa shape index (κ2) is 6.74. The Labute approximate surface area is 92.9 Å². The van der Waals surface area contributed by atoms with E-state index in [1.807, 2.05) is 0 Å². The van der Waals surface area contributed by atoms with E-state index in [4.69, 9.17) is 0 Å². The predicted molar refractivity (Wildman–Crippen MR) is 61.5 cm³/mol. The number of unbranched alkanes of at least 4 members (excludes halogenated alkanes) is 3. The van der Waals surface area contributed by atoms with E-state index in [0.29, 0.717) is 6.42 Å². The minimum absolute atomic E-state index is 0.00435. The maximum Gasteiger partial charge on any atom is 0.278 e. The zero-order valence-electron chi connectivity index (χ0n) is 8.25. The van der Waals surface area contributed by atoms with E-state index in [-0.39, 0.29) is 10.0 Å². The Morgan fingerprint density at radius 2 is 1.92 bits per heavy atom. The van der Waals surface area contributed by atoms with Gasteiger partial charge in [-0.15, -0.1) is 0 Å². The maximum absolute atomic E-state index is 13.2. The van der Waals surface area contributed by atoms with Gasteiger partial charge in [0, 0.05) is 6.42 Å². The minimum atomic E-state index is -2.59. The fraction of sp³-hybridized carbons (Fsp3) is 0.800. The Bertz CT molecular complexity index is 164. The van der Waals surface area contributed by atoms with Crippen LogP contribution in [-0.2, 0) is 0 Å². The van der Waals surface area contributed by atoms with Crippen molar-refractivity contribution in [2.24, 2.45) is 0 Å². The van der Waals surface area contributed by atoms with Crippen LogP contribution in [-0.4, -0.2) is 5.92 Å². The summed E-state index contributed by atoms with van der Waals surface area (Å²) < 4.78 is 26.5. The molecule has 0 amide bonds. The molecule has 0 fully saturated rings. The second-order valence-corrected chi connectivity index (χ2v) is 4.31. The molecule has 0 rings (SSSR count). The van der Waals surface area contributed by atoms with Crippen molar-refractivity contribution in [2.75, 3.05) is 0 Å². The van der Waals surface area contributed by atoms with Gasteiger partial charge in [-0.3, -0.25) is 0 Å². The molecule has 0 radical (unpaired) electrons. The van der Waals surface area contributed by atoms with Gasteiger partial charge in [0.25, 0.3) is 5.92 Å². The Morgan fingerprint density at radius 1 is 1.31 bits per heavy atom. The van der Waals surface area contributed by atoms with E-state index >= 15 is 0 Å². The number of hydrogen-bond acceptors (Lipinski definition) is 0. The Morgan fingerprint density at radius 3 is 2.38 bits per heavy atom. The summed E-state index contributed by atoms with van der Waals surface area (Å²) in [5.74, 6) is -2.59. The molecule has 0 aromatic carbocycles. The van der Waals surface area contributed by atoms with Crippen LogP contribution < -0.4 is 0 Å². The largest absolute Gasteiger partial charge is 0.278 e. The highest BCUT2D eigenvalue weighted by Gasteiger charge is 2.30. The summed E-state index contributed by atoms with van der Waals surface area (Å²) in [6.45, 7) is 3.73. The normalized spacial score (nSPS) is 13.5. The highest BCUT2D eigenvalue weighted by atomic mass is 127. The summed E-state index contributed by atoms with van der Waals surface area (Å²) in [7, 11) is 0. The number of alkyl halides is 2. The average Bonchev–Trinajstić information content (AvgIpc) is 2.11. The number of rotatable bonds is 6. The summed E-state index contributed by atoms with van der Waals surface area (Å²) in [5, 5.41) is 0. The monoisotopic (exact) mass is 302 g/mol. The lowest BCUT2D eigenvalue weighted by atomic mass is 10.1. The van der Waals surface area contributed by atoms with Gasteiger partial charge in [-0.1, -0.05) is 32.3 Å². The average molecular weight is 302 g/mol. The highest BCUT2D eigenvalue weighted by Crippen LogP contribution is 2.34. The quantitative estimate of drug-likeness (QED) is 0.482. The third kappa shape index (κ3) is 5.60. The van der Waals surface area contributed by atoms with Crippen LogP contribution in [0.1, 0.15) is 46.0 Å². The summed E-state index contributed by atoms with van der Waals surface area (Å²) in [5.41, 5.74) is 0. The van der Waals surface area contributed by atoms with Crippen molar-refractivity contribution in [3.8, 4) is 0 Å². The van der Waals surface area contributed by atoms with Gasteiger partial charge >= 0.3 is 0 Å². The number of allylic oxidation sites excluding steroid dienone is 2. The lowest BCUT2D eigenvalue weighted by Crippen LogP contribution is -2.15. The lowest BCUT2D eigenvalue weighted by Gasteiger charge is -2.15. The van der Waals surface area contributed by atoms with Crippen LogP contribution in [0, 0.1) is 0 Å². The van der Waals surface area contributed by atoms with Crippen LogP contribution in [0.15, 0.2) is 9.66 Å². The van der Waals surface area contributed by atoms with Crippen molar-refractivity contribution in [2.45, 2.75) is 51.9 Å². The van der Waals surface area contributed by atoms with Gasteiger partial charge in [0.15, 0.2) is 0 Å². The molecule has 0 N–H and O–H groups in total. The molecule has 0 nitrogen and oxygen atoms in total. The molecule has 0 aliphatic rings. The van der Waals surface area contributed by atoms with Crippen molar-refractivity contribution in [3.05, 3.63) is 9.66 Å². The predicted octanol–water partition coefficient (Wildman–Crippen LogP) is 4.93. The molecular formula is C10H17F2I. The van der Waals surface area contributed by atoms with E-state index in [1.165, 1.54) is 6.08 Å². The molecule has 3 heteroatoms. The fourth-order valence-electron chi connectivity index (χ4n) is 1.10. The molecule has 78 valence electrons. The molecule has 0 aromatic heterocycles. The zero-order chi connectivity index (χ0) is 10.3. The first-order chi connectivity index (χ1) is 6.04. The molecule has 0 aromatic rings. The molecule has 0 bridgehead atoms. The van der Waals surface area contributed by atoms with Crippen molar-refractivity contribution < 1.29 is 8.78 Å². The molecule has 0 aliphatic carbocycles. The molecule has 0 aliphatic heterocycles. The first kappa shape index (κ1) is 13.3.